The van der Waals surface area contributed by atoms with Crippen molar-refractivity contribution >= 4 is 11.4 Å². The van der Waals surface area contributed by atoms with Gasteiger partial charge < -0.3 is 5.53 Å². The second kappa shape index (κ2) is 77.9. The topological polar surface area (TPSA) is 25.3 Å². The van der Waals surface area contributed by atoms with Crippen LogP contribution in [0.5, 0.6) is 0 Å². The monoisotopic (exact) mass is 1470 g/mol. The summed E-state index contributed by atoms with van der Waals surface area (Å²) >= 11 is 2.05. The minimum atomic E-state index is 0.941. The first-order chi connectivity index (χ1) is 51.1. The Balaban J connectivity index is 0.000000705. The standard InChI is InChI=1S/C46H70N2.2C27H55.Ni/c1-5-9-13-15-17-18-19-20-21-22-24-26-30-44-43(29-12-8-4)45(41-35-31-39(32-36-41)27-11-7-3)48(47)46(44)42-37-33-40(34-38-42)28-25-23-16-14-10-6-2;2*1-3-5-7-9-11-13-15-17-19-21-23-25-27-26-24-22-20-18-16-14-12-10-8-6-4-2;/h26,30-38H,5-25,27-29H2,1-4H3;2*1,3-27H2,2H3;. The van der Waals surface area contributed by atoms with Crippen LogP contribution in [0.2, 0.25) is 10.8 Å². The Morgan fingerprint density at radius 1 is 0.243 bits per heavy atom. The van der Waals surface area contributed by atoms with E-state index in [9.17, 15) is 5.53 Å². The third-order valence-electron chi connectivity index (χ3n) is 22.8. The molecule has 0 unspecified atom stereocenters. The van der Waals surface area contributed by atoms with Gasteiger partial charge in [-0.2, -0.15) is 0 Å². The number of allylic oxidation sites excluding steroid dienone is 4. The summed E-state index contributed by atoms with van der Waals surface area (Å²) in [5.74, 6) is 0. The van der Waals surface area contributed by atoms with Gasteiger partial charge in [0.25, 0.3) is 0 Å². The smallest absolute Gasteiger partial charge is 0.0654 e. The SMILES string of the molecule is CCCCCCCCCCCCC=CC1=C(c2ccc(CCCCCCCC)cc2)[N+](=[N-])C(c2ccc(CCCC)cc2)=C1CCCC.CCCCCCCCCCCCCCCCCCCCCCCCCC[CH2][Ni][CH2]CCCCCCCCCCCCCCCCCCCCCCCCCC. The minimum absolute atomic E-state index is 0.941. The van der Waals surface area contributed by atoms with Crippen molar-refractivity contribution in [3.63, 3.8) is 0 Å². The molecule has 2 nitrogen and oxygen atoms in total. The summed E-state index contributed by atoms with van der Waals surface area (Å²) in [6.45, 7) is 13.7. The van der Waals surface area contributed by atoms with Crippen LogP contribution in [0.1, 0.15) is 526 Å². The minimum Gasteiger partial charge on any atom is -0.0654 e. The molecule has 0 atom stereocenters. The van der Waals surface area contributed by atoms with E-state index in [2.05, 4.69) is 117 Å². The summed E-state index contributed by atoms with van der Waals surface area (Å²) in [6.07, 6.45) is 109. The van der Waals surface area contributed by atoms with Crippen LogP contribution in [-0.4, -0.2) is 4.70 Å². The molecule has 0 aliphatic carbocycles. The van der Waals surface area contributed by atoms with Gasteiger partial charge in [-0.3, -0.25) is 0 Å². The van der Waals surface area contributed by atoms with Gasteiger partial charge in [-0.15, -0.1) is 0 Å². The second-order valence-electron chi connectivity index (χ2n) is 32.8. The molecular formula is C100H180N2Ni. The average Bonchev–Trinajstić information content (AvgIpc) is 1.61. The van der Waals surface area contributed by atoms with Crippen molar-refractivity contribution in [1.29, 1.82) is 0 Å². The Morgan fingerprint density at radius 3 is 0.748 bits per heavy atom. The van der Waals surface area contributed by atoms with Crippen LogP contribution in [0.15, 0.2) is 71.8 Å². The summed E-state index contributed by atoms with van der Waals surface area (Å²) < 4.78 is 1.52. The maximum atomic E-state index is 12.0. The van der Waals surface area contributed by atoms with Crippen molar-refractivity contribution in [3.8, 4) is 0 Å². The quantitative estimate of drug-likeness (QED) is 0.0358. The molecule has 1 aliphatic rings. The van der Waals surface area contributed by atoms with E-state index in [4.69, 9.17) is 0 Å². The van der Waals surface area contributed by atoms with E-state index in [1.807, 2.05) is 0 Å². The third kappa shape index (κ3) is 58.4. The van der Waals surface area contributed by atoms with Crippen molar-refractivity contribution in [3.05, 3.63) is 99.6 Å². The molecule has 0 saturated carbocycles. The molecule has 0 saturated heterocycles. The molecule has 1 aliphatic heterocycles. The Labute approximate surface area is 653 Å². The third-order valence-corrected chi connectivity index (χ3v) is 24.2. The van der Waals surface area contributed by atoms with E-state index in [0.717, 1.165) is 61.0 Å². The number of benzene rings is 2. The summed E-state index contributed by atoms with van der Waals surface area (Å²) in [5, 5.41) is 2.87. The van der Waals surface area contributed by atoms with E-state index in [1.54, 1.807) is 0 Å². The van der Waals surface area contributed by atoms with E-state index < -0.39 is 0 Å². The van der Waals surface area contributed by atoms with Crippen LogP contribution in [0.25, 0.3) is 16.9 Å². The van der Waals surface area contributed by atoms with Crippen molar-refractivity contribution < 1.29 is 19.1 Å². The van der Waals surface area contributed by atoms with Gasteiger partial charge in [-0.1, -0.05) is 360 Å². The van der Waals surface area contributed by atoms with Crippen molar-refractivity contribution in [1.82, 2.24) is 0 Å². The van der Waals surface area contributed by atoms with Gasteiger partial charge in [0.2, 0.25) is 11.4 Å². The van der Waals surface area contributed by atoms with E-state index in [1.165, 1.54) is 474 Å². The van der Waals surface area contributed by atoms with Gasteiger partial charge in [-0.05, 0) is 86.8 Å². The van der Waals surface area contributed by atoms with E-state index in [-0.39, 0.29) is 0 Å². The molecule has 0 fully saturated rings. The molecular weight excluding hydrogens is 1290 g/mol. The molecule has 0 aromatic heterocycles. The predicted molar refractivity (Wildman–Crippen MR) is 463 cm³/mol. The molecule has 2 aromatic carbocycles. The molecule has 3 rings (SSSR count). The molecule has 2 aromatic rings. The molecule has 600 valence electrons. The van der Waals surface area contributed by atoms with Gasteiger partial charge >= 0.3 is 166 Å². The fourth-order valence-electron chi connectivity index (χ4n) is 15.8. The number of hydrogen-bond acceptors (Lipinski definition) is 0. The molecule has 0 amide bonds. The summed E-state index contributed by atoms with van der Waals surface area (Å²) in [4.78, 5) is 0. The summed E-state index contributed by atoms with van der Waals surface area (Å²) in [5.41, 5.74) is 21.4. The average molecular weight is 1470 g/mol. The molecule has 0 N–H and O–H groups in total. The second-order valence-corrected chi connectivity index (χ2v) is 34.3. The predicted octanol–water partition coefficient (Wildman–Crippen LogP) is 36.6. The van der Waals surface area contributed by atoms with Crippen LogP contribution in [0.3, 0.4) is 0 Å². The van der Waals surface area contributed by atoms with Crippen molar-refractivity contribution in [2.24, 2.45) is 0 Å². The number of nitrogens with zero attached hydrogens (tertiary/aromatic N) is 2. The Kier molecular flexibility index (Phi) is 73.2. The number of hydrogen-bond donors (Lipinski definition) is 0. The summed E-state index contributed by atoms with van der Waals surface area (Å²) in [6, 6.07) is 18.1. The van der Waals surface area contributed by atoms with Crippen molar-refractivity contribution in [2.75, 3.05) is 0 Å². The number of unbranched alkanes of at least 4 members (excludes halogenated alkanes) is 65. The maximum absolute atomic E-state index is 12.0. The van der Waals surface area contributed by atoms with Gasteiger partial charge in [0, 0.05) is 16.7 Å². The number of aryl methyl sites for hydroxylation is 2. The first-order valence-corrected chi connectivity index (χ1v) is 48.7. The Morgan fingerprint density at radius 2 is 0.466 bits per heavy atom. The van der Waals surface area contributed by atoms with E-state index >= 15 is 0 Å². The zero-order valence-corrected chi connectivity index (χ0v) is 71.7. The van der Waals surface area contributed by atoms with Gasteiger partial charge in [0.05, 0.1) is 5.57 Å². The van der Waals surface area contributed by atoms with Crippen LogP contribution < -0.4 is 0 Å². The number of rotatable bonds is 79. The van der Waals surface area contributed by atoms with Crippen LogP contribution >= 0.6 is 0 Å². The van der Waals surface area contributed by atoms with Crippen LogP contribution in [-0.2, 0) is 27.3 Å². The molecule has 0 spiro atoms. The summed E-state index contributed by atoms with van der Waals surface area (Å²) in [7, 11) is 0. The molecule has 103 heavy (non-hydrogen) atoms. The zero-order chi connectivity index (χ0) is 73.7. The molecule has 0 radical (unpaired) electrons. The molecule has 1 heterocycles. The van der Waals surface area contributed by atoms with Gasteiger partial charge in [0.15, 0.2) is 0 Å². The fourth-order valence-corrected chi connectivity index (χ4v) is 17.0. The Bertz CT molecular complexity index is 2110. The molecule has 0 bridgehead atoms. The zero-order valence-electron chi connectivity index (χ0n) is 70.7. The van der Waals surface area contributed by atoms with Crippen molar-refractivity contribution in [2.45, 2.75) is 527 Å². The van der Waals surface area contributed by atoms with Gasteiger partial charge in [-0.25, -0.2) is 4.70 Å². The Hall–Kier alpha value is -2.25. The fraction of sp³-hybridized carbons (Fsp3) is 0.820. The molecule has 3 heteroatoms. The van der Waals surface area contributed by atoms with Crippen LogP contribution in [0, 0.1) is 0 Å². The van der Waals surface area contributed by atoms with Gasteiger partial charge in [0.1, 0.15) is 0 Å². The normalized spacial score (nSPS) is 12.6. The first-order valence-electron chi connectivity index (χ1n) is 47.3. The van der Waals surface area contributed by atoms with Crippen LogP contribution in [0.4, 0.5) is 0 Å². The van der Waals surface area contributed by atoms with E-state index in [0.29, 0.717) is 0 Å². The first kappa shape index (κ1) is 96.8.